The molecule has 0 fully saturated rings. The Morgan fingerprint density at radius 2 is 1.17 bits per heavy atom. The first-order valence-corrected chi connectivity index (χ1v) is 13.6. The lowest BCUT2D eigenvalue weighted by Gasteiger charge is -2.46. The Labute approximate surface area is 221 Å². The van der Waals surface area contributed by atoms with Gasteiger partial charge in [0.05, 0.1) is 19.1 Å². The van der Waals surface area contributed by atoms with Crippen molar-refractivity contribution >= 4 is 17.3 Å². The van der Waals surface area contributed by atoms with E-state index in [1.807, 2.05) is 60.3 Å². The summed E-state index contributed by atoms with van der Waals surface area (Å²) in [4.78, 5) is 42.2. The van der Waals surface area contributed by atoms with E-state index in [-0.39, 0.29) is 41.8 Å². The minimum Gasteiger partial charge on any atom is -0.298 e. The zero-order valence-electron chi connectivity index (χ0n) is 25.5. The molecule has 0 saturated carbocycles. The quantitative estimate of drug-likeness (QED) is 0.309. The molecule has 4 heteroatoms. The first kappa shape index (κ1) is 32.2. The molecule has 0 aliphatic rings. The van der Waals surface area contributed by atoms with Gasteiger partial charge in [0.15, 0.2) is 17.3 Å². The van der Waals surface area contributed by atoms with Crippen LogP contribution in [0.2, 0.25) is 0 Å². The lowest BCUT2D eigenvalue weighted by Crippen LogP contribution is -2.57. The largest absolute Gasteiger partial charge is 0.298 e. The van der Waals surface area contributed by atoms with Crippen LogP contribution in [-0.2, 0) is 26.2 Å². The maximum absolute atomic E-state index is 13.8. The fourth-order valence-electron chi connectivity index (χ4n) is 4.99. The zero-order valence-corrected chi connectivity index (χ0v) is 25.5. The van der Waals surface area contributed by atoms with Gasteiger partial charge in [0.25, 0.3) is 0 Å². The van der Waals surface area contributed by atoms with Gasteiger partial charge in [-0.1, -0.05) is 114 Å². The van der Waals surface area contributed by atoms with Crippen molar-refractivity contribution in [3.05, 3.63) is 35.4 Å². The molecule has 1 rings (SSSR count). The van der Waals surface area contributed by atoms with Crippen LogP contribution in [0.3, 0.4) is 0 Å². The number of hydrogen-bond acceptors (Lipinski definition) is 4. The SMILES string of the molecule is CCc1ccc(C(C)(C)CC(C)(C)C(C(=O)C(C)C)N(CC(=O)C(C)(C)C)CC(=O)C(C)(C)C)cc1. The standard InChI is InChI=1S/C32H53NO3/c1-14-23-15-17-24(18-16-23)31(10,11)21-32(12,13)28(27(36)22(2)3)33(19-25(34)29(4,5)6)20-26(35)30(7,8)9/h15-18,22,28H,14,19-21H2,1-13H3. The van der Waals surface area contributed by atoms with E-state index in [1.54, 1.807) is 0 Å². The van der Waals surface area contributed by atoms with Gasteiger partial charge in [0, 0.05) is 16.7 Å². The van der Waals surface area contributed by atoms with Crippen LogP contribution < -0.4 is 0 Å². The second-order valence-electron chi connectivity index (χ2n) is 14.3. The second-order valence-corrected chi connectivity index (χ2v) is 14.3. The summed E-state index contributed by atoms with van der Waals surface area (Å²) in [7, 11) is 0. The fourth-order valence-corrected chi connectivity index (χ4v) is 4.99. The van der Waals surface area contributed by atoms with E-state index in [1.165, 1.54) is 11.1 Å². The molecule has 0 saturated heterocycles. The molecular weight excluding hydrogens is 446 g/mol. The molecule has 1 aromatic rings. The summed E-state index contributed by atoms with van der Waals surface area (Å²) in [5.41, 5.74) is 0.738. The number of nitrogens with zero attached hydrogens (tertiary/aromatic N) is 1. The Balaban J connectivity index is 3.55. The van der Waals surface area contributed by atoms with Crippen molar-refractivity contribution in [1.82, 2.24) is 4.90 Å². The van der Waals surface area contributed by atoms with E-state index in [4.69, 9.17) is 0 Å². The topological polar surface area (TPSA) is 54.5 Å². The number of ketones is 3. The van der Waals surface area contributed by atoms with Gasteiger partial charge in [0.1, 0.15) is 0 Å². The van der Waals surface area contributed by atoms with Crippen molar-refractivity contribution in [3.63, 3.8) is 0 Å². The Hall–Kier alpha value is -1.81. The summed E-state index contributed by atoms with van der Waals surface area (Å²) in [6, 6.07) is 8.19. The zero-order chi connectivity index (χ0) is 28.3. The Bertz CT molecular complexity index is 880. The summed E-state index contributed by atoms with van der Waals surface area (Å²) in [5, 5.41) is 0. The van der Waals surface area contributed by atoms with Crippen LogP contribution in [0.15, 0.2) is 24.3 Å². The van der Waals surface area contributed by atoms with E-state index < -0.39 is 22.3 Å². The van der Waals surface area contributed by atoms with Crippen LogP contribution in [0.25, 0.3) is 0 Å². The van der Waals surface area contributed by atoms with Gasteiger partial charge in [-0.05, 0) is 34.8 Å². The lowest BCUT2D eigenvalue weighted by atomic mass is 9.66. The van der Waals surface area contributed by atoms with E-state index in [9.17, 15) is 14.4 Å². The second kappa shape index (κ2) is 11.7. The summed E-state index contributed by atoms with van der Waals surface area (Å²) >= 11 is 0. The van der Waals surface area contributed by atoms with Crippen LogP contribution in [-0.4, -0.2) is 41.4 Å². The average Bonchev–Trinajstić information content (AvgIpc) is 2.71. The lowest BCUT2D eigenvalue weighted by molar-refractivity contribution is -0.139. The Kier molecular flexibility index (Phi) is 10.5. The van der Waals surface area contributed by atoms with Crippen LogP contribution in [0.4, 0.5) is 0 Å². The van der Waals surface area contributed by atoms with Crippen LogP contribution >= 0.6 is 0 Å². The van der Waals surface area contributed by atoms with Gasteiger partial charge >= 0.3 is 0 Å². The highest BCUT2D eigenvalue weighted by molar-refractivity contribution is 5.91. The summed E-state index contributed by atoms with van der Waals surface area (Å²) < 4.78 is 0. The molecule has 0 aromatic heterocycles. The number of carbonyl (C=O) groups is 3. The van der Waals surface area contributed by atoms with Gasteiger partial charge in [-0.15, -0.1) is 0 Å². The molecule has 1 atom stereocenters. The molecule has 0 aliphatic heterocycles. The van der Waals surface area contributed by atoms with E-state index in [0.29, 0.717) is 0 Å². The molecule has 1 unspecified atom stereocenters. The molecular formula is C32H53NO3. The van der Waals surface area contributed by atoms with Gasteiger partial charge < -0.3 is 0 Å². The first-order chi connectivity index (χ1) is 16.1. The number of aryl methyl sites for hydroxylation is 1. The molecule has 0 spiro atoms. The normalized spacial score (nSPS) is 14.3. The van der Waals surface area contributed by atoms with E-state index in [2.05, 4.69) is 58.9 Å². The van der Waals surface area contributed by atoms with Crippen molar-refractivity contribution < 1.29 is 14.4 Å². The molecule has 36 heavy (non-hydrogen) atoms. The smallest absolute Gasteiger partial charge is 0.153 e. The predicted octanol–water partition coefficient (Wildman–Crippen LogP) is 7.07. The molecule has 0 bridgehead atoms. The van der Waals surface area contributed by atoms with Crippen molar-refractivity contribution in [2.45, 2.75) is 114 Å². The van der Waals surface area contributed by atoms with Crippen molar-refractivity contribution in [1.29, 1.82) is 0 Å². The van der Waals surface area contributed by atoms with Gasteiger partial charge in [-0.2, -0.15) is 0 Å². The van der Waals surface area contributed by atoms with E-state index >= 15 is 0 Å². The third-order valence-corrected chi connectivity index (χ3v) is 7.35. The van der Waals surface area contributed by atoms with Crippen LogP contribution in [0, 0.1) is 22.2 Å². The third-order valence-electron chi connectivity index (χ3n) is 7.35. The Morgan fingerprint density at radius 1 is 0.750 bits per heavy atom. The number of benzene rings is 1. The molecule has 0 N–H and O–H groups in total. The maximum Gasteiger partial charge on any atom is 0.153 e. The average molecular weight is 500 g/mol. The summed E-state index contributed by atoms with van der Waals surface area (Å²) in [6.07, 6.45) is 1.73. The maximum atomic E-state index is 13.8. The third kappa shape index (κ3) is 8.64. The summed E-state index contributed by atoms with van der Waals surface area (Å²) in [6.45, 7) is 26.2. The molecule has 4 nitrogen and oxygen atoms in total. The van der Waals surface area contributed by atoms with Crippen molar-refractivity contribution in [2.75, 3.05) is 13.1 Å². The highest BCUT2D eigenvalue weighted by atomic mass is 16.1. The monoisotopic (exact) mass is 499 g/mol. The van der Waals surface area contributed by atoms with E-state index in [0.717, 1.165) is 12.8 Å². The van der Waals surface area contributed by atoms with Crippen molar-refractivity contribution in [3.8, 4) is 0 Å². The minimum absolute atomic E-state index is 0.0379. The highest BCUT2D eigenvalue weighted by Gasteiger charge is 2.45. The van der Waals surface area contributed by atoms with Crippen LogP contribution in [0.5, 0.6) is 0 Å². The molecule has 0 radical (unpaired) electrons. The number of Topliss-reactive ketones (excluding diaryl/α,β-unsaturated/α-hetero) is 3. The number of rotatable bonds is 12. The molecule has 0 amide bonds. The molecule has 204 valence electrons. The predicted molar refractivity (Wildman–Crippen MR) is 151 cm³/mol. The highest BCUT2D eigenvalue weighted by Crippen LogP contribution is 2.42. The van der Waals surface area contributed by atoms with Gasteiger partial charge in [-0.3, -0.25) is 19.3 Å². The minimum atomic E-state index is -0.557. The van der Waals surface area contributed by atoms with Gasteiger partial charge in [-0.25, -0.2) is 0 Å². The summed E-state index contributed by atoms with van der Waals surface area (Å²) in [5.74, 6) is -0.0503. The molecule has 0 aliphatic carbocycles. The van der Waals surface area contributed by atoms with Gasteiger partial charge in [0.2, 0.25) is 0 Å². The van der Waals surface area contributed by atoms with Crippen molar-refractivity contribution in [2.24, 2.45) is 22.2 Å². The van der Waals surface area contributed by atoms with Crippen LogP contribution in [0.1, 0.15) is 108 Å². The number of carbonyl (C=O) groups excluding carboxylic acids is 3. The fraction of sp³-hybridized carbons (Fsp3) is 0.719. The number of hydrogen-bond donors (Lipinski definition) is 0. The molecule has 1 aromatic carbocycles. The molecule has 0 heterocycles. The first-order valence-electron chi connectivity index (χ1n) is 13.6. The Morgan fingerprint density at radius 3 is 1.50 bits per heavy atom.